The van der Waals surface area contributed by atoms with Crippen molar-refractivity contribution in [1.82, 2.24) is 10.2 Å². The molecule has 88 valence electrons. The predicted molar refractivity (Wildman–Crippen MR) is 67.1 cm³/mol. The molecule has 0 spiro atoms. The molecule has 15 heavy (non-hydrogen) atoms. The summed E-state index contributed by atoms with van der Waals surface area (Å²) in [5, 5.41) is 3.43. The van der Waals surface area contributed by atoms with Gasteiger partial charge < -0.3 is 5.32 Å². The Kier molecular flexibility index (Phi) is 5.34. The summed E-state index contributed by atoms with van der Waals surface area (Å²) in [6, 6.07) is 1.50. The summed E-state index contributed by atoms with van der Waals surface area (Å²) < 4.78 is 0. The van der Waals surface area contributed by atoms with Crippen LogP contribution in [0.5, 0.6) is 0 Å². The molecule has 1 rings (SSSR count). The highest BCUT2D eigenvalue weighted by Crippen LogP contribution is 2.30. The normalized spacial score (nSPS) is 20.3. The fourth-order valence-corrected chi connectivity index (χ4v) is 2.07. The summed E-state index contributed by atoms with van der Waals surface area (Å²) in [5.41, 5.74) is 0. The van der Waals surface area contributed by atoms with Crippen molar-refractivity contribution in [3.05, 3.63) is 12.7 Å². The van der Waals surface area contributed by atoms with Crippen LogP contribution in [0.3, 0.4) is 0 Å². The number of nitrogens with zero attached hydrogens (tertiary/aromatic N) is 1. The highest BCUT2D eigenvalue weighted by atomic mass is 15.2. The Hall–Kier alpha value is -0.340. The van der Waals surface area contributed by atoms with Crippen LogP contribution < -0.4 is 5.32 Å². The maximum Gasteiger partial charge on any atom is 0.0166 e. The highest BCUT2D eigenvalue weighted by molar-refractivity contribution is 4.92. The predicted octanol–water partition coefficient (Wildman–Crippen LogP) is 2.27. The summed E-state index contributed by atoms with van der Waals surface area (Å²) in [5.74, 6) is 0.713. The van der Waals surface area contributed by atoms with E-state index >= 15 is 0 Å². The van der Waals surface area contributed by atoms with Crippen molar-refractivity contribution in [3.8, 4) is 0 Å². The van der Waals surface area contributed by atoms with Gasteiger partial charge >= 0.3 is 0 Å². The monoisotopic (exact) mass is 210 g/mol. The topological polar surface area (TPSA) is 15.3 Å². The Bertz CT molecular complexity index is 187. The quantitative estimate of drug-likeness (QED) is 0.618. The molecular weight excluding hydrogens is 184 g/mol. The first-order valence-electron chi connectivity index (χ1n) is 6.28. The van der Waals surface area contributed by atoms with E-state index in [0.717, 1.165) is 25.7 Å². The first kappa shape index (κ1) is 12.7. The van der Waals surface area contributed by atoms with E-state index in [0.29, 0.717) is 12.0 Å². The lowest BCUT2D eigenvalue weighted by Crippen LogP contribution is -2.42. The van der Waals surface area contributed by atoms with Crippen LogP contribution in [0.4, 0.5) is 0 Å². The van der Waals surface area contributed by atoms with Gasteiger partial charge in [0.25, 0.3) is 0 Å². The van der Waals surface area contributed by atoms with E-state index in [1.165, 1.54) is 12.8 Å². The minimum absolute atomic E-state index is 0.662. The Morgan fingerprint density at radius 3 is 2.60 bits per heavy atom. The minimum atomic E-state index is 0.662. The molecule has 0 saturated heterocycles. The molecule has 1 aliphatic rings. The van der Waals surface area contributed by atoms with Crippen LogP contribution in [0.1, 0.15) is 33.6 Å². The lowest BCUT2D eigenvalue weighted by atomic mass is 10.0. The van der Waals surface area contributed by atoms with Gasteiger partial charge in [-0.2, -0.15) is 0 Å². The Morgan fingerprint density at radius 1 is 1.47 bits per heavy atom. The second-order valence-electron chi connectivity index (χ2n) is 4.74. The molecule has 0 heterocycles. The molecule has 0 bridgehead atoms. The molecule has 2 heteroatoms. The average molecular weight is 210 g/mol. The molecular formula is C13H26N2. The zero-order chi connectivity index (χ0) is 11.3. The maximum atomic E-state index is 3.86. The van der Waals surface area contributed by atoms with Crippen molar-refractivity contribution in [3.63, 3.8) is 0 Å². The van der Waals surface area contributed by atoms with Gasteiger partial charge in [0.15, 0.2) is 0 Å². The summed E-state index contributed by atoms with van der Waals surface area (Å²) in [4.78, 5) is 2.61. The van der Waals surface area contributed by atoms with Crippen molar-refractivity contribution in [2.24, 2.45) is 5.92 Å². The molecule has 0 aromatic heterocycles. The van der Waals surface area contributed by atoms with E-state index in [2.05, 4.69) is 37.6 Å². The average Bonchev–Trinajstić information content (AvgIpc) is 3.05. The number of rotatable bonds is 8. The Morgan fingerprint density at radius 2 is 2.13 bits per heavy atom. The SMILES string of the molecule is C=CCN(C1CC1)C(C)C(C)CNCC. The van der Waals surface area contributed by atoms with E-state index in [1.54, 1.807) is 0 Å². The van der Waals surface area contributed by atoms with Gasteiger partial charge in [-0.15, -0.1) is 6.58 Å². The minimum Gasteiger partial charge on any atom is -0.317 e. The first-order valence-corrected chi connectivity index (χ1v) is 6.28. The Labute approximate surface area is 94.7 Å². The largest absolute Gasteiger partial charge is 0.317 e. The van der Waals surface area contributed by atoms with Crippen molar-refractivity contribution in [2.45, 2.75) is 45.7 Å². The van der Waals surface area contributed by atoms with Crippen molar-refractivity contribution >= 4 is 0 Å². The molecule has 0 amide bonds. The number of nitrogens with one attached hydrogen (secondary N) is 1. The summed E-state index contributed by atoms with van der Waals surface area (Å²) in [6.45, 7) is 14.0. The lowest BCUT2D eigenvalue weighted by molar-refractivity contribution is 0.167. The highest BCUT2D eigenvalue weighted by Gasteiger charge is 2.32. The Balaban J connectivity index is 2.39. The molecule has 2 nitrogen and oxygen atoms in total. The van der Waals surface area contributed by atoms with Crippen molar-refractivity contribution in [2.75, 3.05) is 19.6 Å². The second-order valence-corrected chi connectivity index (χ2v) is 4.74. The van der Waals surface area contributed by atoms with E-state index in [4.69, 9.17) is 0 Å². The molecule has 1 aliphatic carbocycles. The van der Waals surface area contributed by atoms with Crippen LogP contribution in [0.2, 0.25) is 0 Å². The van der Waals surface area contributed by atoms with Gasteiger partial charge in [0, 0.05) is 18.6 Å². The van der Waals surface area contributed by atoms with Crippen LogP contribution in [0, 0.1) is 5.92 Å². The van der Waals surface area contributed by atoms with Gasteiger partial charge in [-0.3, -0.25) is 4.90 Å². The van der Waals surface area contributed by atoms with Crippen LogP contribution >= 0.6 is 0 Å². The molecule has 2 atom stereocenters. The third-order valence-electron chi connectivity index (χ3n) is 3.42. The second kappa shape index (κ2) is 6.29. The molecule has 0 aromatic rings. The van der Waals surface area contributed by atoms with Crippen LogP contribution in [0.25, 0.3) is 0 Å². The smallest absolute Gasteiger partial charge is 0.0166 e. The molecule has 0 aliphatic heterocycles. The standard InChI is InChI=1S/C13H26N2/c1-5-9-15(13-7-8-13)12(4)11(3)10-14-6-2/h5,11-14H,1,6-10H2,2-4H3. The fraction of sp³-hybridized carbons (Fsp3) is 0.846. The zero-order valence-electron chi connectivity index (χ0n) is 10.5. The number of hydrogen-bond donors (Lipinski definition) is 1. The van der Waals surface area contributed by atoms with Crippen molar-refractivity contribution < 1.29 is 0 Å². The van der Waals surface area contributed by atoms with Gasteiger partial charge in [0.2, 0.25) is 0 Å². The van der Waals surface area contributed by atoms with E-state index in [1.807, 2.05) is 6.08 Å². The molecule has 1 fully saturated rings. The molecule has 2 unspecified atom stereocenters. The van der Waals surface area contributed by atoms with Crippen LogP contribution in [0.15, 0.2) is 12.7 Å². The maximum absolute atomic E-state index is 3.86. The third kappa shape index (κ3) is 3.96. The first-order chi connectivity index (χ1) is 7.20. The van der Waals surface area contributed by atoms with Gasteiger partial charge in [0.1, 0.15) is 0 Å². The molecule has 0 aromatic carbocycles. The van der Waals surface area contributed by atoms with Gasteiger partial charge in [-0.25, -0.2) is 0 Å². The summed E-state index contributed by atoms with van der Waals surface area (Å²) >= 11 is 0. The van der Waals surface area contributed by atoms with E-state index in [9.17, 15) is 0 Å². The zero-order valence-corrected chi connectivity index (χ0v) is 10.5. The van der Waals surface area contributed by atoms with Gasteiger partial charge in [-0.05, 0) is 38.8 Å². The summed E-state index contributed by atoms with van der Waals surface area (Å²) in [7, 11) is 0. The van der Waals surface area contributed by atoms with Crippen LogP contribution in [-0.2, 0) is 0 Å². The fourth-order valence-electron chi connectivity index (χ4n) is 2.07. The number of hydrogen-bond acceptors (Lipinski definition) is 2. The molecule has 1 saturated carbocycles. The van der Waals surface area contributed by atoms with Gasteiger partial charge in [-0.1, -0.05) is 19.9 Å². The van der Waals surface area contributed by atoms with Gasteiger partial charge in [0.05, 0.1) is 0 Å². The van der Waals surface area contributed by atoms with Crippen molar-refractivity contribution in [1.29, 1.82) is 0 Å². The lowest BCUT2D eigenvalue weighted by Gasteiger charge is -2.32. The third-order valence-corrected chi connectivity index (χ3v) is 3.42. The van der Waals surface area contributed by atoms with E-state index in [-0.39, 0.29) is 0 Å². The molecule has 1 N–H and O–H groups in total. The molecule has 0 radical (unpaired) electrons. The van der Waals surface area contributed by atoms with E-state index < -0.39 is 0 Å². The summed E-state index contributed by atoms with van der Waals surface area (Å²) in [6.07, 6.45) is 4.80. The van der Waals surface area contributed by atoms with Crippen LogP contribution in [-0.4, -0.2) is 36.6 Å².